The van der Waals surface area contributed by atoms with E-state index in [0.717, 1.165) is 0 Å². The molecule has 0 aliphatic carbocycles. The molecule has 0 fully saturated rings. The molecule has 14 heavy (non-hydrogen) atoms. The van der Waals surface area contributed by atoms with Gasteiger partial charge in [-0.25, -0.2) is 9.59 Å². The average molecular weight is 205 g/mol. The van der Waals surface area contributed by atoms with Crippen molar-refractivity contribution in [2.45, 2.75) is 33.3 Å². The maximum Gasteiger partial charge on any atom is 0.533 e. The van der Waals surface area contributed by atoms with Gasteiger partial charge in [0.15, 0.2) is 0 Å². The highest BCUT2D eigenvalue weighted by Gasteiger charge is 2.18. The third-order valence-electron chi connectivity index (χ3n) is 0.883. The highest BCUT2D eigenvalue weighted by molar-refractivity contribution is 5.69. The predicted octanol–water partition coefficient (Wildman–Crippen LogP) is 1.60. The Labute approximate surface area is 82.5 Å². The van der Waals surface area contributed by atoms with Crippen molar-refractivity contribution in [3.8, 4) is 0 Å². The lowest BCUT2D eigenvalue weighted by Crippen LogP contribution is -2.32. The Kier molecular flexibility index (Phi) is 4.76. The molecule has 0 aliphatic heterocycles. The molecule has 0 saturated carbocycles. The normalized spacial score (nSPS) is 10.3. The molecule has 82 valence electrons. The number of carbonyl (C=O) groups is 2. The second kappa shape index (κ2) is 5.31. The maximum absolute atomic E-state index is 10.9. The van der Waals surface area contributed by atoms with Crippen molar-refractivity contribution in [3.63, 3.8) is 0 Å². The van der Waals surface area contributed by atoms with Gasteiger partial charge in [0.25, 0.3) is 0 Å². The zero-order valence-electron chi connectivity index (χ0n) is 8.75. The van der Waals surface area contributed by atoms with Crippen LogP contribution in [0.15, 0.2) is 0 Å². The fourth-order valence-corrected chi connectivity index (χ4v) is 0.515. The molecule has 0 aliphatic rings. The predicted molar refractivity (Wildman–Crippen MR) is 47.5 cm³/mol. The van der Waals surface area contributed by atoms with E-state index in [1.165, 1.54) is 0 Å². The minimum atomic E-state index is -0.981. The summed E-state index contributed by atoms with van der Waals surface area (Å²) in [7, 11) is 0. The van der Waals surface area contributed by atoms with E-state index in [0.29, 0.717) is 0 Å². The summed E-state index contributed by atoms with van der Waals surface area (Å²) >= 11 is 0. The number of hydroxylamine groups is 1. The van der Waals surface area contributed by atoms with Crippen molar-refractivity contribution in [2.75, 3.05) is 6.61 Å². The summed E-state index contributed by atoms with van der Waals surface area (Å²) < 4.78 is 9.17. The zero-order valence-corrected chi connectivity index (χ0v) is 8.75. The molecule has 0 aromatic rings. The van der Waals surface area contributed by atoms with Gasteiger partial charge in [-0.2, -0.15) is 0 Å². The van der Waals surface area contributed by atoms with E-state index in [-0.39, 0.29) is 6.61 Å². The smallest absolute Gasteiger partial charge is 0.448 e. The van der Waals surface area contributed by atoms with Crippen LogP contribution in [-0.4, -0.2) is 24.5 Å². The Hall–Kier alpha value is -1.46. The first-order chi connectivity index (χ1) is 6.35. The van der Waals surface area contributed by atoms with Crippen LogP contribution in [-0.2, 0) is 14.3 Å². The van der Waals surface area contributed by atoms with Gasteiger partial charge in [0.1, 0.15) is 5.60 Å². The van der Waals surface area contributed by atoms with Crippen LogP contribution in [0.25, 0.3) is 0 Å². The summed E-state index contributed by atoms with van der Waals surface area (Å²) in [6.07, 6.45) is -1.82. The first-order valence-corrected chi connectivity index (χ1v) is 4.17. The van der Waals surface area contributed by atoms with Crippen molar-refractivity contribution < 1.29 is 23.9 Å². The largest absolute Gasteiger partial charge is 0.533 e. The number of ether oxygens (including phenoxy) is 2. The summed E-state index contributed by atoms with van der Waals surface area (Å²) in [5.74, 6) is 0. The minimum Gasteiger partial charge on any atom is -0.448 e. The van der Waals surface area contributed by atoms with Gasteiger partial charge in [0.05, 0.1) is 6.61 Å². The molecule has 0 heterocycles. The van der Waals surface area contributed by atoms with Crippen LogP contribution in [0.5, 0.6) is 0 Å². The first-order valence-electron chi connectivity index (χ1n) is 4.17. The Morgan fingerprint density at radius 3 is 2.29 bits per heavy atom. The summed E-state index contributed by atoms with van der Waals surface area (Å²) in [6.45, 7) is 6.87. The Bertz CT molecular complexity index is 208. The van der Waals surface area contributed by atoms with Crippen molar-refractivity contribution in [1.29, 1.82) is 0 Å². The molecule has 0 radical (unpaired) electrons. The van der Waals surface area contributed by atoms with E-state index in [1.54, 1.807) is 33.2 Å². The van der Waals surface area contributed by atoms with Gasteiger partial charge < -0.3 is 14.3 Å². The van der Waals surface area contributed by atoms with Crippen molar-refractivity contribution in [3.05, 3.63) is 0 Å². The topological polar surface area (TPSA) is 73.9 Å². The summed E-state index contributed by atoms with van der Waals surface area (Å²) in [5, 5.41) is 0. The highest BCUT2D eigenvalue weighted by Crippen LogP contribution is 2.07. The molecular formula is C8H15NO5. The molecule has 0 atom stereocenters. The fraction of sp³-hybridized carbons (Fsp3) is 0.750. The van der Waals surface area contributed by atoms with E-state index in [9.17, 15) is 9.59 Å². The average Bonchev–Trinajstić information content (AvgIpc) is 1.98. The Morgan fingerprint density at radius 2 is 1.86 bits per heavy atom. The summed E-state index contributed by atoms with van der Waals surface area (Å²) in [6, 6.07) is 0. The number of hydrogen-bond donors (Lipinski definition) is 1. The van der Waals surface area contributed by atoms with Gasteiger partial charge in [-0.05, 0) is 27.7 Å². The fourth-order valence-electron chi connectivity index (χ4n) is 0.515. The molecule has 0 aromatic heterocycles. The number of nitrogens with one attached hydrogen (secondary N) is 1. The number of amides is 1. The lowest BCUT2D eigenvalue weighted by Gasteiger charge is -2.18. The van der Waals surface area contributed by atoms with E-state index in [4.69, 9.17) is 4.74 Å². The molecule has 0 bridgehead atoms. The summed E-state index contributed by atoms with van der Waals surface area (Å²) in [4.78, 5) is 25.7. The van der Waals surface area contributed by atoms with E-state index in [2.05, 4.69) is 9.57 Å². The monoisotopic (exact) mass is 205 g/mol. The molecule has 0 saturated heterocycles. The first kappa shape index (κ1) is 12.5. The quantitative estimate of drug-likeness (QED) is 0.520. The maximum atomic E-state index is 10.9. The van der Waals surface area contributed by atoms with Crippen LogP contribution in [0.4, 0.5) is 9.59 Å². The van der Waals surface area contributed by atoms with Gasteiger partial charge in [0, 0.05) is 0 Å². The molecule has 6 heteroatoms. The third kappa shape index (κ3) is 7.20. The second-order valence-electron chi connectivity index (χ2n) is 3.39. The Balaban J connectivity index is 3.70. The van der Waals surface area contributed by atoms with E-state index in [1.807, 2.05) is 0 Å². The lowest BCUT2D eigenvalue weighted by molar-refractivity contribution is -0.0310. The lowest BCUT2D eigenvalue weighted by atomic mass is 10.2. The van der Waals surface area contributed by atoms with E-state index < -0.39 is 17.8 Å². The minimum absolute atomic E-state index is 0.198. The van der Waals surface area contributed by atoms with Crippen LogP contribution in [0, 0.1) is 0 Å². The second-order valence-corrected chi connectivity index (χ2v) is 3.39. The number of carbonyl (C=O) groups excluding carboxylic acids is 2. The highest BCUT2D eigenvalue weighted by atomic mass is 16.8. The molecular weight excluding hydrogens is 190 g/mol. The zero-order chi connectivity index (χ0) is 11.2. The van der Waals surface area contributed by atoms with Crippen molar-refractivity contribution >= 4 is 12.2 Å². The molecule has 1 amide bonds. The van der Waals surface area contributed by atoms with Gasteiger partial charge in [-0.1, -0.05) is 0 Å². The van der Waals surface area contributed by atoms with Gasteiger partial charge in [-0.3, -0.25) is 0 Å². The van der Waals surface area contributed by atoms with E-state index >= 15 is 0 Å². The molecule has 0 rings (SSSR count). The van der Waals surface area contributed by atoms with Crippen LogP contribution in [0.2, 0.25) is 0 Å². The van der Waals surface area contributed by atoms with Gasteiger partial charge in [-0.15, -0.1) is 5.48 Å². The molecule has 0 unspecified atom stereocenters. The molecule has 0 spiro atoms. The molecule has 1 N–H and O–H groups in total. The third-order valence-corrected chi connectivity index (χ3v) is 0.883. The van der Waals surface area contributed by atoms with Crippen LogP contribution >= 0.6 is 0 Å². The standard InChI is InChI=1S/C8H15NO5/c1-5-12-6(10)9-14-7(11)13-8(2,3)4/h5H2,1-4H3,(H,9,10). The van der Waals surface area contributed by atoms with Gasteiger partial charge in [0.2, 0.25) is 0 Å². The van der Waals surface area contributed by atoms with Crippen molar-refractivity contribution in [2.24, 2.45) is 0 Å². The van der Waals surface area contributed by atoms with Gasteiger partial charge >= 0.3 is 12.2 Å². The Morgan fingerprint density at radius 1 is 1.29 bits per heavy atom. The molecule has 6 nitrogen and oxygen atoms in total. The SMILES string of the molecule is CCOC(=O)NOC(=O)OC(C)(C)C. The van der Waals surface area contributed by atoms with Crippen LogP contribution in [0.3, 0.4) is 0 Å². The van der Waals surface area contributed by atoms with Crippen molar-refractivity contribution in [1.82, 2.24) is 5.48 Å². The summed E-state index contributed by atoms with van der Waals surface area (Å²) in [5.41, 5.74) is 1.11. The number of rotatable bonds is 1. The number of hydrogen-bond acceptors (Lipinski definition) is 5. The molecule has 0 aromatic carbocycles. The van der Waals surface area contributed by atoms with Crippen LogP contribution < -0.4 is 5.48 Å². The van der Waals surface area contributed by atoms with Crippen LogP contribution in [0.1, 0.15) is 27.7 Å².